The number of amides is 2. The van der Waals surface area contributed by atoms with Crippen molar-refractivity contribution in [3.8, 4) is 6.07 Å². The fraction of sp³-hybridized carbons (Fsp3) is 0.0556. The maximum atomic E-state index is 13.2. The summed E-state index contributed by atoms with van der Waals surface area (Å²) in [5.74, 6) is -1.82. The van der Waals surface area contributed by atoms with Crippen LogP contribution in [0.25, 0.3) is 0 Å². The standard InChI is InChI=1S/C18H15FN4O2/c1-12(24)23(17-7-5-15(21)6-8-17)18(25)13(10-20)11-22-16-4-2-3-14(19)9-16/h2-9,11,22H,21H2,1H3/b13-11-. The summed E-state index contributed by atoms with van der Waals surface area (Å²) in [5.41, 5.74) is 6.42. The van der Waals surface area contributed by atoms with E-state index in [2.05, 4.69) is 5.32 Å². The molecular formula is C18H15FN4O2. The van der Waals surface area contributed by atoms with Crippen LogP contribution in [-0.4, -0.2) is 11.8 Å². The molecule has 25 heavy (non-hydrogen) atoms. The van der Waals surface area contributed by atoms with E-state index in [9.17, 15) is 19.2 Å². The fourth-order valence-corrected chi connectivity index (χ4v) is 2.06. The van der Waals surface area contributed by atoms with Gasteiger partial charge in [-0.2, -0.15) is 5.26 Å². The Morgan fingerprint density at radius 2 is 1.92 bits per heavy atom. The van der Waals surface area contributed by atoms with Gasteiger partial charge in [-0.25, -0.2) is 9.29 Å². The lowest BCUT2D eigenvalue weighted by Gasteiger charge is -2.19. The molecule has 0 radical (unpaired) electrons. The van der Waals surface area contributed by atoms with E-state index in [1.54, 1.807) is 24.3 Å². The summed E-state index contributed by atoms with van der Waals surface area (Å²) in [7, 11) is 0. The normalized spacial score (nSPS) is 10.7. The molecule has 3 N–H and O–H groups in total. The van der Waals surface area contributed by atoms with Crippen LogP contribution in [0.2, 0.25) is 0 Å². The number of benzene rings is 2. The fourth-order valence-electron chi connectivity index (χ4n) is 2.06. The maximum absolute atomic E-state index is 13.2. The Kier molecular flexibility index (Phi) is 5.48. The van der Waals surface area contributed by atoms with E-state index in [-0.39, 0.29) is 5.57 Å². The van der Waals surface area contributed by atoms with Crippen molar-refractivity contribution in [1.29, 1.82) is 5.26 Å². The third-order valence-corrected chi connectivity index (χ3v) is 3.23. The van der Waals surface area contributed by atoms with E-state index < -0.39 is 17.6 Å². The van der Waals surface area contributed by atoms with Gasteiger partial charge in [-0.3, -0.25) is 9.59 Å². The molecule has 0 aromatic heterocycles. The molecule has 0 unspecified atom stereocenters. The van der Waals surface area contributed by atoms with Crippen LogP contribution in [0.15, 0.2) is 60.3 Å². The summed E-state index contributed by atoms with van der Waals surface area (Å²) < 4.78 is 13.2. The number of halogens is 1. The summed E-state index contributed by atoms with van der Waals surface area (Å²) in [4.78, 5) is 25.3. The van der Waals surface area contributed by atoms with Gasteiger partial charge in [-0.15, -0.1) is 0 Å². The molecule has 0 aliphatic carbocycles. The lowest BCUT2D eigenvalue weighted by molar-refractivity contribution is -0.123. The van der Waals surface area contributed by atoms with E-state index in [1.165, 1.54) is 37.3 Å². The summed E-state index contributed by atoms with van der Waals surface area (Å²) >= 11 is 0. The zero-order valence-electron chi connectivity index (χ0n) is 13.4. The Morgan fingerprint density at radius 1 is 1.24 bits per heavy atom. The van der Waals surface area contributed by atoms with Crippen molar-refractivity contribution < 1.29 is 14.0 Å². The maximum Gasteiger partial charge on any atom is 0.277 e. The van der Waals surface area contributed by atoms with Crippen LogP contribution in [0.4, 0.5) is 21.5 Å². The number of hydrogen-bond acceptors (Lipinski definition) is 5. The Morgan fingerprint density at radius 3 is 2.48 bits per heavy atom. The number of carbonyl (C=O) groups is 2. The van der Waals surface area contributed by atoms with Gasteiger partial charge in [0.25, 0.3) is 5.91 Å². The molecule has 0 heterocycles. The number of carbonyl (C=O) groups excluding carboxylic acids is 2. The quantitative estimate of drug-likeness (QED) is 0.507. The highest BCUT2D eigenvalue weighted by Gasteiger charge is 2.23. The van der Waals surface area contributed by atoms with Crippen molar-refractivity contribution >= 4 is 28.9 Å². The number of rotatable bonds is 4. The number of nitriles is 1. The highest BCUT2D eigenvalue weighted by Crippen LogP contribution is 2.19. The molecule has 7 heteroatoms. The van der Waals surface area contributed by atoms with Gasteiger partial charge in [0, 0.05) is 24.5 Å². The number of imide groups is 1. The monoisotopic (exact) mass is 338 g/mol. The number of nitrogen functional groups attached to an aromatic ring is 1. The van der Waals surface area contributed by atoms with Crippen LogP contribution in [0, 0.1) is 17.1 Å². The van der Waals surface area contributed by atoms with Crippen LogP contribution in [-0.2, 0) is 9.59 Å². The first kappa shape index (κ1) is 17.7. The second-order valence-corrected chi connectivity index (χ2v) is 5.08. The predicted octanol–water partition coefficient (Wildman–Crippen LogP) is 2.81. The zero-order valence-corrected chi connectivity index (χ0v) is 13.4. The van der Waals surface area contributed by atoms with Crippen LogP contribution >= 0.6 is 0 Å². The summed E-state index contributed by atoms with van der Waals surface area (Å²) in [6, 6.07) is 13.4. The van der Waals surface area contributed by atoms with Crippen LogP contribution in [0.5, 0.6) is 0 Å². The van der Waals surface area contributed by atoms with Gasteiger partial charge in [0.2, 0.25) is 5.91 Å². The molecule has 2 aromatic carbocycles. The average molecular weight is 338 g/mol. The Bertz CT molecular complexity index is 869. The van der Waals surface area contributed by atoms with Crippen LogP contribution < -0.4 is 16.0 Å². The van der Waals surface area contributed by atoms with Crippen LogP contribution in [0.3, 0.4) is 0 Å². The molecule has 0 aliphatic heterocycles. The summed E-state index contributed by atoms with van der Waals surface area (Å²) in [5, 5.41) is 11.9. The van der Waals surface area contributed by atoms with E-state index in [0.29, 0.717) is 17.1 Å². The van der Waals surface area contributed by atoms with Crippen LogP contribution in [0.1, 0.15) is 6.92 Å². The molecule has 126 valence electrons. The molecule has 0 spiro atoms. The lowest BCUT2D eigenvalue weighted by Crippen LogP contribution is -2.36. The van der Waals surface area contributed by atoms with Crippen molar-refractivity contribution in [2.45, 2.75) is 6.92 Å². The Balaban J connectivity index is 2.29. The largest absolute Gasteiger partial charge is 0.399 e. The first-order chi connectivity index (χ1) is 11.9. The van der Waals surface area contributed by atoms with Crippen molar-refractivity contribution in [3.05, 3.63) is 66.1 Å². The van der Waals surface area contributed by atoms with Crippen molar-refractivity contribution in [3.63, 3.8) is 0 Å². The number of nitrogens with one attached hydrogen (secondary N) is 1. The Labute approximate surface area is 144 Å². The smallest absolute Gasteiger partial charge is 0.277 e. The van der Waals surface area contributed by atoms with Gasteiger partial charge in [-0.1, -0.05) is 6.07 Å². The number of nitrogens with zero attached hydrogens (tertiary/aromatic N) is 2. The van der Waals surface area contributed by atoms with E-state index >= 15 is 0 Å². The minimum absolute atomic E-state index is 0.290. The van der Waals surface area contributed by atoms with E-state index in [1.807, 2.05) is 0 Å². The topological polar surface area (TPSA) is 99.2 Å². The molecule has 2 aromatic rings. The van der Waals surface area contributed by atoms with Gasteiger partial charge in [-0.05, 0) is 42.5 Å². The molecule has 2 rings (SSSR count). The second kappa shape index (κ2) is 7.75. The summed E-state index contributed by atoms with van der Waals surface area (Å²) in [6.07, 6.45) is 1.13. The van der Waals surface area contributed by atoms with Gasteiger partial charge >= 0.3 is 0 Å². The highest BCUT2D eigenvalue weighted by atomic mass is 19.1. The van der Waals surface area contributed by atoms with Gasteiger partial charge in [0.1, 0.15) is 17.5 Å². The lowest BCUT2D eigenvalue weighted by atomic mass is 10.2. The molecule has 6 nitrogen and oxygen atoms in total. The molecule has 0 saturated heterocycles. The number of nitrogens with two attached hydrogens (primary N) is 1. The second-order valence-electron chi connectivity index (χ2n) is 5.08. The van der Waals surface area contributed by atoms with E-state index in [4.69, 9.17) is 5.73 Å². The molecule has 2 amide bonds. The van der Waals surface area contributed by atoms with Gasteiger partial charge in [0.15, 0.2) is 0 Å². The molecule has 0 aliphatic rings. The third kappa shape index (κ3) is 4.42. The van der Waals surface area contributed by atoms with Gasteiger partial charge in [0.05, 0.1) is 5.69 Å². The average Bonchev–Trinajstić information content (AvgIpc) is 2.57. The Hall–Kier alpha value is -3.66. The number of hydrogen-bond donors (Lipinski definition) is 2. The molecule has 0 atom stereocenters. The third-order valence-electron chi connectivity index (χ3n) is 3.23. The van der Waals surface area contributed by atoms with Crippen molar-refractivity contribution in [1.82, 2.24) is 0 Å². The minimum Gasteiger partial charge on any atom is -0.399 e. The summed E-state index contributed by atoms with van der Waals surface area (Å²) in [6.45, 7) is 1.21. The minimum atomic E-state index is -0.802. The van der Waals surface area contributed by atoms with Crippen molar-refractivity contribution in [2.24, 2.45) is 0 Å². The molecule has 0 bridgehead atoms. The van der Waals surface area contributed by atoms with E-state index in [0.717, 1.165) is 11.1 Å². The SMILES string of the molecule is CC(=O)N(C(=O)/C(C#N)=C\Nc1cccc(F)c1)c1ccc(N)cc1. The van der Waals surface area contributed by atoms with Gasteiger partial charge < -0.3 is 11.1 Å². The predicted molar refractivity (Wildman–Crippen MR) is 92.7 cm³/mol. The molecular weight excluding hydrogens is 323 g/mol. The molecule has 0 saturated carbocycles. The number of anilines is 3. The first-order valence-electron chi connectivity index (χ1n) is 7.25. The van der Waals surface area contributed by atoms with Crippen molar-refractivity contribution in [2.75, 3.05) is 16.0 Å². The first-order valence-corrected chi connectivity index (χ1v) is 7.25. The molecule has 0 fully saturated rings. The highest BCUT2D eigenvalue weighted by molar-refractivity contribution is 6.21. The zero-order chi connectivity index (χ0) is 18.4.